The van der Waals surface area contributed by atoms with Crippen LogP contribution in [0.1, 0.15) is 5.56 Å². The van der Waals surface area contributed by atoms with Crippen molar-refractivity contribution < 1.29 is 23.0 Å². The molecule has 2 atom stereocenters. The zero-order valence-electron chi connectivity index (χ0n) is 12.8. The molecular formula is C17H18FNO4S. The molecule has 1 saturated heterocycles. The molecule has 1 heterocycles. The Morgan fingerprint density at radius 1 is 1.12 bits per heavy atom. The number of aromatic hydroxyl groups is 1. The number of benzene rings is 2. The van der Waals surface area contributed by atoms with Crippen molar-refractivity contribution in [3.63, 3.8) is 0 Å². The first kappa shape index (κ1) is 16.7. The van der Waals surface area contributed by atoms with Crippen molar-refractivity contribution in [2.75, 3.05) is 16.4 Å². The van der Waals surface area contributed by atoms with Crippen LogP contribution in [0, 0.1) is 5.82 Å². The molecular weight excluding hydrogens is 333 g/mol. The number of rotatable bonds is 4. The number of nitrogens with zero attached hydrogens (tertiary/aromatic N) is 1. The molecule has 3 rings (SSSR count). The van der Waals surface area contributed by atoms with E-state index in [9.17, 15) is 23.0 Å². The van der Waals surface area contributed by atoms with Gasteiger partial charge in [0.05, 0.1) is 23.7 Å². The average Bonchev–Trinajstić information content (AvgIpc) is 2.77. The lowest BCUT2D eigenvalue weighted by atomic mass is 10.1. The standard InChI is InChI=1S/C17H18FNO4S/c18-13-4-1-3-12(7-13)9-19(14-5-2-6-15(20)8-14)16-10-24(22,23)11-17(16)21/h1-8,16-17,20-21H,9-11H2/t16-,17+/m0/s1. The van der Waals surface area contributed by atoms with Gasteiger partial charge in [0.1, 0.15) is 11.6 Å². The molecule has 0 aromatic heterocycles. The second kappa shape index (κ2) is 6.41. The predicted molar refractivity (Wildman–Crippen MR) is 89.1 cm³/mol. The molecule has 0 saturated carbocycles. The van der Waals surface area contributed by atoms with Crippen molar-refractivity contribution >= 4 is 15.5 Å². The van der Waals surface area contributed by atoms with Gasteiger partial charge in [-0.15, -0.1) is 0 Å². The maximum absolute atomic E-state index is 13.5. The normalized spacial score (nSPS) is 22.4. The van der Waals surface area contributed by atoms with E-state index in [-0.39, 0.29) is 29.6 Å². The molecule has 1 fully saturated rings. The zero-order valence-corrected chi connectivity index (χ0v) is 13.7. The van der Waals surface area contributed by atoms with Gasteiger partial charge in [0.2, 0.25) is 0 Å². The SMILES string of the molecule is O=S1(=O)C[C@@H](O)[C@@H](N(Cc2cccc(F)c2)c2cccc(O)c2)C1. The molecule has 0 amide bonds. The van der Waals surface area contributed by atoms with Gasteiger partial charge in [0, 0.05) is 18.3 Å². The molecule has 128 valence electrons. The van der Waals surface area contributed by atoms with E-state index in [0.29, 0.717) is 11.3 Å². The highest BCUT2D eigenvalue weighted by Gasteiger charge is 2.40. The summed E-state index contributed by atoms with van der Waals surface area (Å²) >= 11 is 0. The molecule has 2 aromatic rings. The van der Waals surface area contributed by atoms with E-state index >= 15 is 0 Å². The fourth-order valence-electron chi connectivity index (χ4n) is 3.01. The summed E-state index contributed by atoms with van der Waals surface area (Å²) in [6.45, 7) is 0.221. The second-order valence-corrected chi connectivity index (χ2v) is 8.14. The molecule has 24 heavy (non-hydrogen) atoms. The van der Waals surface area contributed by atoms with E-state index in [4.69, 9.17) is 0 Å². The summed E-state index contributed by atoms with van der Waals surface area (Å²) < 4.78 is 37.2. The van der Waals surface area contributed by atoms with Crippen LogP contribution in [0.15, 0.2) is 48.5 Å². The molecule has 1 aliphatic heterocycles. The Balaban J connectivity index is 1.98. The maximum Gasteiger partial charge on any atom is 0.155 e. The summed E-state index contributed by atoms with van der Waals surface area (Å²) in [6.07, 6.45) is -1.04. The number of sulfone groups is 1. The van der Waals surface area contributed by atoms with Crippen molar-refractivity contribution in [3.05, 3.63) is 59.9 Å². The molecule has 2 aromatic carbocycles. The van der Waals surface area contributed by atoms with Crippen molar-refractivity contribution in [1.29, 1.82) is 0 Å². The monoisotopic (exact) mass is 351 g/mol. The third-order valence-corrected chi connectivity index (χ3v) is 5.80. The van der Waals surface area contributed by atoms with E-state index in [1.807, 2.05) is 0 Å². The van der Waals surface area contributed by atoms with Crippen LogP contribution < -0.4 is 4.90 Å². The molecule has 0 spiro atoms. The predicted octanol–water partition coefficient (Wildman–Crippen LogP) is 1.70. The second-order valence-electron chi connectivity index (χ2n) is 5.99. The van der Waals surface area contributed by atoms with Gasteiger partial charge in [0.25, 0.3) is 0 Å². The summed E-state index contributed by atoms with van der Waals surface area (Å²) in [5, 5.41) is 19.9. The molecule has 1 aliphatic rings. The maximum atomic E-state index is 13.5. The van der Waals surface area contributed by atoms with E-state index in [2.05, 4.69) is 0 Å². The van der Waals surface area contributed by atoms with Gasteiger partial charge in [-0.25, -0.2) is 12.8 Å². The highest BCUT2D eigenvalue weighted by molar-refractivity contribution is 7.91. The molecule has 0 unspecified atom stereocenters. The number of aliphatic hydroxyl groups is 1. The summed E-state index contributed by atoms with van der Waals surface area (Å²) in [6, 6.07) is 11.7. The first-order valence-corrected chi connectivity index (χ1v) is 9.35. The van der Waals surface area contributed by atoms with Crippen LogP contribution >= 0.6 is 0 Å². The van der Waals surface area contributed by atoms with Gasteiger partial charge in [0.15, 0.2) is 9.84 Å². The fourth-order valence-corrected chi connectivity index (χ4v) is 4.81. The first-order chi connectivity index (χ1) is 11.3. The number of phenolic OH excluding ortho intramolecular Hbond substituents is 1. The number of phenols is 1. The highest BCUT2D eigenvalue weighted by atomic mass is 32.2. The average molecular weight is 351 g/mol. The van der Waals surface area contributed by atoms with Gasteiger partial charge in [-0.3, -0.25) is 0 Å². The highest BCUT2D eigenvalue weighted by Crippen LogP contribution is 2.29. The van der Waals surface area contributed by atoms with E-state index in [1.54, 1.807) is 29.2 Å². The van der Waals surface area contributed by atoms with Crippen LogP contribution in [0.4, 0.5) is 10.1 Å². The van der Waals surface area contributed by atoms with Crippen LogP contribution in [0.2, 0.25) is 0 Å². The summed E-state index contributed by atoms with van der Waals surface area (Å²) in [4.78, 5) is 1.70. The van der Waals surface area contributed by atoms with Gasteiger partial charge in [-0.2, -0.15) is 0 Å². The Kier molecular flexibility index (Phi) is 4.47. The van der Waals surface area contributed by atoms with Crippen molar-refractivity contribution in [2.24, 2.45) is 0 Å². The Bertz CT molecular complexity index is 840. The van der Waals surface area contributed by atoms with Gasteiger partial charge >= 0.3 is 0 Å². The Morgan fingerprint density at radius 3 is 2.50 bits per heavy atom. The van der Waals surface area contributed by atoms with E-state index < -0.39 is 22.0 Å². The summed E-state index contributed by atoms with van der Waals surface area (Å²) in [5.74, 6) is -0.829. The van der Waals surface area contributed by atoms with Gasteiger partial charge < -0.3 is 15.1 Å². The largest absolute Gasteiger partial charge is 0.508 e. The molecule has 7 heteroatoms. The van der Waals surface area contributed by atoms with Crippen LogP contribution in [0.3, 0.4) is 0 Å². The molecule has 5 nitrogen and oxygen atoms in total. The fraction of sp³-hybridized carbons (Fsp3) is 0.294. The zero-order chi connectivity index (χ0) is 17.3. The Labute approximate surface area is 139 Å². The van der Waals surface area contributed by atoms with Crippen LogP contribution in [-0.2, 0) is 16.4 Å². The number of aliphatic hydroxyl groups excluding tert-OH is 1. The number of hydrogen-bond acceptors (Lipinski definition) is 5. The summed E-state index contributed by atoms with van der Waals surface area (Å²) in [7, 11) is -3.34. The van der Waals surface area contributed by atoms with Crippen molar-refractivity contribution in [1.82, 2.24) is 0 Å². The molecule has 0 aliphatic carbocycles. The minimum atomic E-state index is -3.34. The number of hydrogen-bond donors (Lipinski definition) is 2. The Hall–Kier alpha value is -2.12. The quantitative estimate of drug-likeness (QED) is 0.877. The topological polar surface area (TPSA) is 77.8 Å². The van der Waals surface area contributed by atoms with Crippen molar-refractivity contribution in [3.8, 4) is 5.75 Å². The lowest BCUT2D eigenvalue weighted by Crippen LogP contribution is -2.42. The van der Waals surface area contributed by atoms with Crippen LogP contribution in [-0.4, -0.2) is 42.3 Å². The minimum absolute atomic E-state index is 0.0343. The van der Waals surface area contributed by atoms with Crippen molar-refractivity contribution in [2.45, 2.75) is 18.7 Å². The van der Waals surface area contributed by atoms with Gasteiger partial charge in [-0.05, 0) is 29.8 Å². The van der Waals surface area contributed by atoms with Gasteiger partial charge in [-0.1, -0.05) is 18.2 Å². The van der Waals surface area contributed by atoms with E-state index in [0.717, 1.165) is 0 Å². The lowest BCUT2D eigenvalue weighted by molar-refractivity contribution is 0.177. The molecule has 0 bridgehead atoms. The minimum Gasteiger partial charge on any atom is -0.508 e. The van der Waals surface area contributed by atoms with E-state index in [1.165, 1.54) is 24.3 Å². The lowest BCUT2D eigenvalue weighted by Gasteiger charge is -2.32. The molecule has 2 N–H and O–H groups in total. The van der Waals surface area contributed by atoms with Crippen LogP contribution in [0.25, 0.3) is 0 Å². The first-order valence-electron chi connectivity index (χ1n) is 7.53. The third-order valence-electron chi connectivity index (χ3n) is 4.10. The Morgan fingerprint density at radius 2 is 1.88 bits per heavy atom. The molecule has 0 radical (unpaired) electrons. The number of anilines is 1. The van der Waals surface area contributed by atoms with Crippen LogP contribution in [0.5, 0.6) is 5.75 Å². The summed E-state index contributed by atoms with van der Waals surface area (Å²) in [5.41, 5.74) is 1.22. The third kappa shape index (κ3) is 3.68. The smallest absolute Gasteiger partial charge is 0.155 e. The number of halogens is 1.